The molecule has 0 bridgehead atoms. The van der Waals surface area contributed by atoms with E-state index in [2.05, 4.69) is 9.62 Å². The standard InChI is InChI=1S/C14H25N3O4S/c1-3-16(2)22(18,19)15-7-6-14-12-17(8-10-21-14)11-13-5-4-9-20-13/h4-5,9,14-15H,3,6-8,10-12H2,1-2H3/t14-/m0/s1. The number of hydrogen-bond acceptors (Lipinski definition) is 5. The summed E-state index contributed by atoms with van der Waals surface area (Å²) < 4.78 is 38.6. The van der Waals surface area contributed by atoms with Crippen LogP contribution in [0.25, 0.3) is 0 Å². The molecule has 1 aliphatic heterocycles. The lowest BCUT2D eigenvalue weighted by Crippen LogP contribution is -2.44. The van der Waals surface area contributed by atoms with E-state index in [4.69, 9.17) is 9.15 Å². The highest BCUT2D eigenvalue weighted by Gasteiger charge is 2.22. The normalized spacial score (nSPS) is 20.6. The number of nitrogens with zero attached hydrogens (tertiary/aromatic N) is 2. The zero-order chi connectivity index (χ0) is 16.0. The minimum Gasteiger partial charge on any atom is -0.468 e. The lowest BCUT2D eigenvalue weighted by atomic mass is 10.2. The van der Waals surface area contributed by atoms with E-state index in [9.17, 15) is 8.42 Å². The Morgan fingerprint density at radius 1 is 1.50 bits per heavy atom. The maximum Gasteiger partial charge on any atom is 0.279 e. The number of rotatable bonds is 8. The fourth-order valence-corrected chi connectivity index (χ4v) is 3.29. The van der Waals surface area contributed by atoms with E-state index in [1.807, 2.05) is 12.1 Å². The van der Waals surface area contributed by atoms with Gasteiger partial charge in [-0.3, -0.25) is 4.90 Å². The summed E-state index contributed by atoms with van der Waals surface area (Å²) in [7, 11) is -1.81. The van der Waals surface area contributed by atoms with Crippen molar-refractivity contribution in [3.8, 4) is 0 Å². The summed E-state index contributed by atoms with van der Waals surface area (Å²) in [5.41, 5.74) is 0. The highest BCUT2D eigenvalue weighted by molar-refractivity contribution is 7.87. The molecule has 8 heteroatoms. The number of ether oxygens (including phenoxy) is 1. The van der Waals surface area contributed by atoms with Crippen molar-refractivity contribution in [3.05, 3.63) is 24.2 Å². The predicted molar refractivity (Wildman–Crippen MR) is 83.6 cm³/mol. The van der Waals surface area contributed by atoms with Crippen LogP contribution in [0.3, 0.4) is 0 Å². The first kappa shape index (κ1) is 17.4. The van der Waals surface area contributed by atoms with Crippen LogP contribution in [0.2, 0.25) is 0 Å². The molecule has 0 amide bonds. The van der Waals surface area contributed by atoms with Crippen LogP contribution >= 0.6 is 0 Å². The minimum absolute atomic E-state index is 0.0401. The molecular weight excluding hydrogens is 306 g/mol. The molecule has 2 rings (SSSR count). The maximum absolute atomic E-state index is 11.8. The van der Waals surface area contributed by atoms with Crippen LogP contribution in [-0.4, -0.2) is 63.6 Å². The van der Waals surface area contributed by atoms with Crippen molar-refractivity contribution in [2.75, 3.05) is 39.8 Å². The molecule has 1 fully saturated rings. The molecule has 126 valence electrons. The van der Waals surface area contributed by atoms with Crippen LogP contribution in [0.5, 0.6) is 0 Å². The first-order chi connectivity index (χ1) is 10.5. The van der Waals surface area contributed by atoms with E-state index in [0.29, 0.717) is 26.1 Å². The van der Waals surface area contributed by atoms with Crippen LogP contribution in [0.1, 0.15) is 19.1 Å². The second kappa shape index (κ2) is 8.07. The summed E-state index contributed by atoms with van der Waals surface area (Å²) in [6.07, 6.45) is 2.37. The van der Waals surface area contributed by atoms with Crippen molar-refractivity contribution in [1.29, 1.82) is 0 Å². The zero-order valence-electron chi connectivity index (χ0n) is 13.2. The predicted octanol–water partition coefficient (Wildman–Crippen LogP) is 0.657. The molecule has 0 spiro atoms. The first-order valence-corrected chi connectivity index (χ1v) is 9.02. The van der Waals surface area contributed by atoms with Crippen molar-refractivity contribution in [1.82, 2.24) is 13.9 Å². The Bertz CT molecular complexity index is 532. The SMILES string of the molecule is CCN(C)S(=O)(=O)NCC[C@H]1CN(Cc2ccco2)CCO1. The van der Waals surface area contributed by atoms with Gasteiger partial charge < -0.3 is 9.15 Å². The molecule has 1 aromatic heterocycles. The summed E-state index contributed by atoms with van der Waals surface area (Å²) in [6.45, 7) is 5.70. The van der Waals surface area contributed by atoms with Gasteiger partial charge in [-0.15, -0.1) is 0 Å². The van der Waals surface area contributed by atoms with Gasteiger partial charge in [-0.2, -0.15) is 12.7 Å². The van der Waals surface area contributed by atoms with Gasteiger partial charge in [-0.25, -0.2) is 4.72 Å². The highest BCUT2D eigenvalue weighted by Crippen LogP contribution is 2.12. The molecular formula is C14H25N3O4S. The average Bonchev–Trinajstić information content (AvgIpc) is 2.99. The molecule has 0 aliphatic carbocycles. The molecule has 1 saturated heterocycles. The third-order valence-corrected chi connectivity index (χ3v) is 5.44. The average molecular weight is 331 g/mol. The van der Waals surface area contributed by atoms with Crippen molar-refractivity contribution < 1.29 is 17.6 Å². The van der Waals surface area contributed by atoms with Gasteiger partial charge in [-0.1, -0.05) is 6.92 Å². The van der Waals surface area contributed by atoms with Gasteiger partial charge in [0.05, 0.1) is 25.5 Å². The highest BCUT2D eigenvalue weighted by atomic mass is 32.2. The van der Waals surface area contributed by atoms with E-state index in [0.717, 1.165) is 25.4 Å². The molecule has 7 nitrogen and oxygen atoms in total. The molecule has 22 heavy (non-hydrogen) atoms. The third kappa shape index (κ3) is 5.06. The molecule has 1 N–H and O–H groups in total. The Labute approximate surface area is 132 Å². The molecule has 2 heterocycles. The van der Waals surface area contributed by atoms with Crippen molar-refractivity contribution >= 4 is 10.2 Å². The molecule has 0 saturated carbocycles. The van der Waals surface area contributed by atoms with Crippen LogP contribution in [0.15, 0.2) is 22.8 Å². The van der Waals surface area contributed by atoms with Crippen molar-refractivity contribution in [3.63, 3.8) is 0 Å². The monoisotopic (exact) mass is 331 g/mol. The quantitative estimate of drug-likeness (QED) is 0.757. The fourth-order valence-electron chi connectivity index (χ4n) is 2.35. The second-order valence-electron chi connectivity index (χ2n) is 5.41. The van der Waals surface area contributed by atoms with E-state index < -0.39 is 10.2 Å². The Balaban J connectivity index is 1.74. The maximum atomic E-state index is 11.8. The van der Waals surface area contributed by atoms with E-state index in [1.165, 1.54) is 4.31 Å². The van der Waals surface area contributed by atoms with Gasteiger partial charge >= 0.3 is 0 Å². The van der Waals surface area contributed by atoms with E-state index in [-0.39, 0.29) is 6.10 Å². The number of morpholine rings is 1. The first-order valence-electron chi connectivity index (χ1n) is 7.58. The summed E-state index contributed by atoms with van der Waals surface area (Å²) in [6, 6.07) is 3.84. The fraction of sp³-hybridized carbons (Fsp3) is 0.714. The summed E-state index contributed by atoms with van der Waals surface area (Å²) in [5, 5.41) is 0. The molecule has 1 atom stereocenters. The third-order valence-electron chi connectivity index (χ3n) is 3.79. The Hall–Kier alpha value is -0.930. The largest absolute Gasteiger partial charge is 0.468 e. The summed E-state index contributed by atoms with van der Waals surface area (Å²) in [5.74, 6) is 0.936. The summed E-state index contributed by atoms with van der Waals surface area (Å²) in [4.78, 5) is 2.26. The Morgan fingerprint density at radius 2 is 2.32 bits per heavy atom. The van der Waals surface area contributed by atoms with Crippen LogP contribution in [0.4, 0.5) is 0 Å². The second-order valence-corrected chi connectivity index (χ2v) is 7.27. The van der Waals surface area contributed by atoms with Gasteiger partial charge in [0.15, 0.2) is 0 Å². The zero-order valence-corrected chi connectivity index (χ0v) is 14.0. The van der Waals surface area contributed by atoms with Crippen LogP contribution in [0, 0.1) is 0 Å². The van der Waals surface area contributed by atoms with E-state index >= 15 is 0 Å². The van der Waals surface area contributed by atoms with Crippen LogP contribution < -0.4 is 4.72 Å². The van der Waals surface area contributed by atoms with Gasteiger partial charge in [0.2, 0.25) is 0 Å². The van der Waals surface area contributed by atoms with Gasteiger partial charge in [0.25, 0.3) is 10.2 Å². The summed E-state index contributed by atoms with van der Waals surface area (Å²) >= 11 is 0. The van der Waals surface area contributed by atoms with Crippen molar-refractivity contribution in [2.45, 2.75) is 26.0 Å². The van der Waals surface area contributed by atoms with E-state index in [1.54, 1.807) is 20.2 Å². The molecule has 0 aromatic carbocycles. The molecule has 0 radical (unpaired) electrons. The number of nitrogens with one attached hydrogen (secondary N) is 1. The lowest BCUT2D eigenvalue weighted by molar-refractivity contribution is -0.0356. The number of hydrogen-bond donors (Lipinski definition) is 1. The van der Waals surface area contributed by atoms with Gasteiger partial charge in [0, 0.05) is 33.2 Å². The molecule has 1 aliphatic rings. The smallest absolute Gasteiger partial charge is 0.279 e. The molecule has 0 unspecified atom stereocenters. The van der Waals surface area contributed by atoms with Crippen LogP contribution in [-0.2, 0) is 21.5 Å². The lowest BCUT2D eigenvalue weighted by Gasteiger charge is -2.32. The molecule has 1 aromatic rings. The van der Waals surface area contributed by atoms with Crippen molar-refractivity contribution in [2.24, 2.45) is 0 Å². The van der Waals surface area contributed by atoms with Gasteiger partial charge in [0.1, 0.15) is 5.76 Å². The topological polar surface area (TPSA) is 75.0 Å². The van der Waals surface area contributed by atoms with Gasteiger partial charge in [-0.05, 0) is 18.6 Å². The number of furan rings is 1. The Kier molecular flexibility index (Phi) is 6.39. The Morgan fingerprint density at radius 3 is 3.00 bits per heavy atom. The minimum atomic E-state index is -3.37.